The standard InChI is InChI=1S/C23H26FN5O/c1-2-25-23(26-10-9-15-13-27-20-8-7-17(24)12-19(15)20)28-14-16-11-22(30)29-21-6-4-3-5-18(16)21/h3-8,12-13,16,27H,2,9-11,14H2,1H3,(H,29,30)(H2,25,26,28). The van der Waals surface area contributed by atoms with Crippen molar-refractivity contribution in [3.05, 3.63) is 65.6 Å². The van der Waals surface area contributed by atoms with Gasteiger partial charge in [0.2, 0.25) is 5.91 Å². The Balaban J connectivity index is 1.41. The van der Waals surface area contributed by atoms with Crippen molar-refractivity contribution in [3.8, 4) is 0 Å². The number of amides is 1. The van der Waals surface area contributed by atoms with Gasteiger partial charge in [0, 0.05) is 48.2 Å². The average Bonchev–Trinajstić information content (AvgIpc) is 3.13. The fourth-order valence-corrected chi connectivity index (χ4v) is 3.88. The highest BCUT2D eigenvalue weighted by Crippen LogP contribution is 2.32. The van der Waals surface area contributed by atoms with E-state index < -0.39 is 0 Å². The average molecular weight is 407 g/mol. The van der Waals surface area contributed by atoms with Crippen LogP contribution >= 0.6 is 0 Å². The Morgan fingerprint density at radius 3 is 2.97 bits per heavy atom. The van der Waals surface area contributed by atoms with Gasteiger partial charge in [-0.2, -0.15) is 0 Å². The van der Waals surface area contributed by atoms with Crippen molar-refractivity contribution in [1.29, 1.82) is 0 Å². The van der Waals surface area contributed by atoms with E-state index in [1.807, 2.05) is 37.4 Å². The van der Waals surface area contributed by atoms with E-state index in [1.165, 1.54) is 6.07 Å². The number of aromatic amines is 1. The first-order chi connectivity index (χ1) is 14.6. The molecule has 1 amide bonds. The predicted molar refractivity (Wildman–Crippen MR) is 118 cm³/mol. The number of nitrogens with zero attached hydrogens (tertiary/aromatic N) is 1. The second-order valence-electron chi connectivity index (χ2n) is 7.44. The maximum absolute atomic E-state index is 13.6. The highest BCUT2D eigenvalue weighted by atomic mass is 19.1. The van der Waals surface area contributed by atoms with Crippen LogP contribution in [0.2, 0.25) is 0 Å². The van der Waals surface area contributed by atoms with Crippen molar-refractivity contribution in [2.45, 2.75) is 25.7 Å². The van der Waals surface area contributed by atoms with Gasteiger partial charge in [0.25, 0.3) is 0 Å². The third kappa shape index (κ3) is 4.45. The van der Waals surface area contributed by atoms with Crippen LogP contribution in [0.25, 0.3) is 10.9 Å². The van der Waals surface area contributed by atoms with Crippen LogP contribution in [0.1, 0.15) is 30.4 Å². The molecule has 4 rings (SSSR count). The molecule has 1 aromatic heterocycles. The van der Waals surface area contributed by atoms with Gasteiger partial charge in [-0.05, 0) is 48.7 Å². The molecule has 30 heavy (non-hydrogen) atoms. The van der Waals surface area contributed by atoms with Crippen molar-refractivity contribution in [2.24, 2.45) is 4.99 Å². The lowest BCUT2D eigenvalue weighted by atomic mass is 9.91. The second-order valence-corrected chi connectivity index (χ2v) is 7.44. The molecule has 4 N–H and O–H groups in total. The number of fused-ring (bicyclic) bond motifs is 2. The number of hydrogen-bond acceptors (Lipinski definition) is 2. The Bertz CT molecular complexity index is 1070. The van der Waals surface area contributed by atoms with Crippen LogP contribution in [-0.4, -0.2) is 36.5 Å². The number of anilines is 1. The molecule has 0 spiro atoms. The van der Waals surface area contributed by atoms with Gasteiger partial charge in [-0.3, -0.25) is 9.79 Å². The van der Waals surface area contributed by atoms with Crippen LogP contribution in [-0.2, 0) is 11.2 Å². The third-order valence-corrected chi connectivity index (χ3v) is 5.34. The molecule has 1 atom stereocenters. The summed E-state index contributed by atoms with van der Waals surface area (Å²) in [6, 6.07) is 12.7. The fraction of sp³-hybridized carbons (Fsp3) is 0.304. The van der Waals surface area contributed by atoms with Crippen molar-refractivity contribution in [2.75, 3.05) is 25.0 Å². The normalized spacial score (nSPS) is 16.3. The minimum Gasteiger partial charge on any atom is -0.361 e. The molecule has 0 radical (unpaired) electrons. The van der Waals surface area contributed by atoms with E-state index in [0.717, 1.165) is 40.7 Å². The number of rotatable bonds is 6. The zero-order chi connectivity index (χ0) is 20.9. The molecule has 1 unspecified atom stereocenters. The molecule has 0 bridgehead atoms. The SMILES string of the molecule is CCNC(=NCC1CC(=O)Nc2ccccc21)NCCc1c[nH]c2ccc(F)cc12. The second kappa shape index (κ2) is 8.98. The molecule has 0 saturated heterocycles. The first kappa shape index (κ1) is 19.9. The number of carbonyl (C=O) groups is 1. The Kier molecular flexibility index (Phi) is 5.97. The molecule has 3 aromatic rings. The van der Waals surface area contributed by atoms with Gasteiger partial charge in [-0.25, -0.2) is 4.39 Å². The summed E-state index contributed by atoms with van der Waals surface area (Å²) in [5, 5.41) is 10.4. The number of hydrogen-bond donors (Lipinski definition) is 4. The van der Waals surface area contributed by atoms with E-state index in [1.54, 1.807) is 12.1 Å². The van der Waals surface area contributed by atoms with Crippen LogP contribution in [0.5, 0.6) is 0 Å². The molecular weight excluding hydrogens is 381 g/mol. The number of aromatic nitrogens is 1. The zero-order valence-corrected chi connectivity index (χ0v) is 17.0. The number of nitrogens with one attached hydrogen (secondary N) is 4. The lowest BCUT2D eigenvalue weighted by Crippen LogP contribution is -2.38. The first-order valence-electron chi connectivity index (χ1n) is 10.3. The number of aliphatic imine (C=N–C) groups is 1. The van der Waals surface area contributed by atoms with Gasteiger partial charge < -0.3 is 20.9 Å². The van der Waals surface area contributed by atoms with E-state index in [-0.39, 0.29) is 17.6 Å². The summed E-state index contributed by atoms with van der Waals surface area (Å²) in [4.78, 5) is 19.9. The van der Waals surface area contributed by atoms with Crippen molar-refractivity contribution in [1.82, 2.24) is 15.6 Å². The summed E-state index contributed by atoms with van der Waals surface area (Å²) in [6.07, 6.45) is 3.09. The molecule has 2 heterocycles. The minimum atomic E-state index is -0.233. The largest absolute Gasteiger partial charge is 0.361 e. The molecule has 0 aliphatic carbocycles. The predicted octanol–water partition coefficient (Wildman–Crippen LogP) is 3.53. The molecule has 6 nitrogen and oxygen atoms in total. The van der Waals surface area contributed by atoms with E-state index in [0.29, 0.717) is 25.5 Å². The van der Waals surface area contributed by atoms with Gasteiger partial charge in [0.1, 0.15) is 5.82 Å². The maximum atomic E-state index is 13.6. The van der Waals surface area contributed by atoms with Crippen molar-refractivity contribution < 1.29 is 9.18 Å². The topological polar surface area (TPSA) is 81.3 Å². The third-order valence-electron chi connectivity index (χ3n) is 5.34. The molecule has 1 aliphatic rings. The number of para-hydroxylation sites is 1. The Morgan fingerprint density at radius 2 is 2.10 bits per heavy atom. The summed E-state index contributed by atoms with van der Waals surface area (Å²) < 4.78 is 13.6. The van der Waals surface area contributed by atoms with Gasteiger partial charge in [-0.15, -0.1) is 0 Å². The van der Waals surface area contributed by atoms with E-state index >= 15 is 0 Å². The van der Waals surface area contributed by atoms with Crippen molar-refractivity contribution >= 4 is 28.5 Å². The van der Waals surface area contributed by atoms with E-state index in [4.69, 9.17) is 4.99 Å². The maximum Gasteiger partial charge on any atom is 0.225 e. The molecule has 2 aromatic carbocycles. The highest BCUT2D eigenvalue weighted by molar-refractivity contribution is 5.94. The lowest BCUT2D eigenvalue weighted by molar-refractivity contribution is -0.116. The summed E-state index contributed by atoms with van der Waals surface area (Å²) >= 11 is 0. The van der Waals surface area contributed by atoms with Crippen LogP contribution in [0.3, 0.4) is 0 Å². The number of benzene rings is 2. The molecule has 7 heteroatoms. The molecule has 156 valence electrons. The van der Waals surface area contributed by atoms with Crippen molar-refractivity contribution in [3.63, 3.8) is 0 Å². The van der Waals surface area contributed by atoms with E-state index in [9.17, 15) is 9.18 Å². The zero-order valence-electron chi connectivity index (χ0n) is 17.0. The van der Waals surface area contributed by atoms with Crippen LogP contribution < -0.4 is 16.0 Å². The highest BCUT2D eigenvalue weighted by Gasteiger charge is 2.24. The van der Waals surface area contributed by atoms with Crippen LogP contribution in [0.15, 0.2) is 53.7 Å². The fourth-order valence-electron chi connectivity index (χ4n) is 3.88. The Morgan fingerprint density at radius 1 is 1.23 bits per heavy atom. The quantitative estimate of drug-likeness (QED) is 0.373. The Hall–Kier alpha value is -3.35. The summed E-state index contributed by atoms with van der Waals surface area (Å²) in [7, 11) is 0. The number of guanidine groups is 1. The number of H-pyrrole nitrogens is 1. The smallest absolute Gasteiger partial charge is 0.225 e. The summed E-state index contributed by atoms with van der Waals surface area (Å²) in [5.74, 6) is 0.565. The monoisotopic (exact) mass is 407 g/mol. The summed E-state index contributed by atoms with van der Waals surface area (Å²) in [6.45, 7) is 3.95. The van der Waals surface area contributed by atoms with Crippen LogP contribution in [0.4, 0.5) is 10.1 Å². The molecule has 0 fully saturated rings. The minimum absolute atomic E-state index is 0.0263. The van der Waals surface area contributed by atoms with Gasteiger partial charge in [0.15, 0.2) is 5.96 Å². The first-order valence-corrected chi connectivity index (χ1v) is 10.3. The molecule has 0 saturated carbocycles. The molecule has 1 aliphatic heterocycles. The lowest BCUT2D eigenvalue weighted by Gasteiger charge is -2.24. The Labute approximate surface area is 175 Å². The number of carbonyl (C=O) groups excluding carboxylic acids is 1. The van der Waals surface area contributed by atoms with E-state index in [2.05, 4.69) is 20.9 Å². The van der Waals surface area contributed by atoms with Gasteiger partial charge >= 0.3 is 0 Å². The van der Waals surface area contributed by atoms with Crippen LogP contribution in [0, 0.1) is 5.82 Å². The van der Waals surface area contributed by atoms with Gasteiger partial charge in [-0.1, -0.05) is 18.2 Å². The molecular formula is C23H26FN5O. The van der Waals surface area contributed by atoms with Gasteiger partial charge in [0.05, 0.1) is 6.54 Å². The number of halogens is 1. The summed E-state index contributed by atoms with van der Waals surface area (Å²) in [5.41, 5.74) is 3.99.